The first kappa shape index (κ1) is 21.2. The molecule has 0 bridgehead atoms. The topological polar surface area (TPSA) is 88.2 Å². The number of hydrogen-bond acceptors (Lipinski definition) is 6. The monoisotopic (exact) mass is 411 g/mol. The molecule has 1 aliphatic heterocycles. The third kappa shape index (κ3) is 4.71. The van der Waals surface area contributed by atoms with E-state index in [4.69, 9.17) is 9.47 Å². The van der Waals surface area contributed by atoms with E-state index in [-0.39, 0.29) is 17.9 Å². The predicted molar refractivity (Wildman–Crippen MR) is 113 cm³/mol. The molecule has 2 aromatic rings. The molecule has 2 amide bonds. The number of anilines is 2. The van der Waals surface area contributed by atoms with Crippen molar-refractivity contribution in [3.63, 3.8) is 0 Å². The van der Waals surface area contributed by atoms with Crippen molar-refractivity contribution < 1.29 is 23.9 Å². The first-order valence-corrected chi connectivity index (χ1v) is 9.79. The van der Waals surface area contributed by atoms with E-state index < -0.39 is 17.8 Å². The van der Waals surface area contributed by atoms with Gasteiger partial charge in [0.2, 0.25) is 0 Å². The second-order valence-electron chi connectivity index (χ2n) is 6.67. The molecule has 0 spiro atoms. The van der Waals surface area contributed by atoms with Crippen LogP contribution >= 0.6 is 0 Å². The van der Waals surface area contributed by atoms with Gasteiger partial charge in [0.1, 0.15) is 5.75 Å². The molecule has 1 heterocycles. The van der Waals surface area contributed by atoms with Crippen LogP contribution in [0.4, 0.5) is 11.4 Å². The summed E-state index contributed by atoms with van der Waals surface area (Å²) in [4.78, 5) is 40.8. The van der Waals surface area contributed by atoms with Crippen LogP contribution in [0.25, 0.3) is 0 Å². The molecule has 158 valence electrons. The minimum Gasteiger partial charge on any atom is -0.495 e. The van der Waals surface area contributed by atoms with E-state index in [0.29, 0.717) is 26.2 Å². The van der Waals surface area contributed by atoms with Crippen molar-refractivity contribution >= 4 is 29.2 Å². The summed E-state index contributed by atoms with van der Waals surface area (Å²) in [5.74, 6) is -1.19. The second kappa shape index (κ2) is 9.78. The molecule has 1 aliphatic rings. The van der Waals surface area contributed by atoms with Crippen LogP contribution < -0.4 is 15.0 Å². The molecule has 0 atom stereocenters. The van der Waals surface area contributed by atoms with E-state index in [1.165, 1.54) is 4.90 Å². The van der Waals surface area contributed by atoms with Gasteiger partial charge < -0.3 is 24.6 Å². The van der Waals surface area contributed by atoms with Gasteiger partial charge in [-0.2, -0.15) is 0 Å². The van der Waals surface area contributed by atoms with Crippen LogP contribution in [0.5, 0.6) is 5.75 Å². The quantitative estimate of drug-likeness (QED) is 0.599. The highest BCUT2D eigenvalue weighted by Crippen LogP contribution is 2.28. The van der Waals surface area contributed by atoms with Gasteiger partial charge in [-0.25, -0.2) is 4.79 Å². The average Bonchev–Trinajstić information content (AvgIpc) is 2.79. The molecule has 1 fully saturated rings. The highest BCUT2D eigenvalue weighted by Gasteiger charge is 2.28. The fraction of sp³-hybridized carbons (Fsp3) is 0.318. The Kier molecular flexibility index (Phi) is 6.90. The Morgan fingerprint density at radius 3 is 2.33 bits per heavy atom. The van der Waals surface area contributed by atoms with Crippen LogP contribution in [-0.2, 0) is 14.3 Å². The lowest BCUT2D eigenvalue weighted by molar-refractivity contribution is -0.143. The van der Waals surface area contributed by atoms with Gasteiger partial charge in [-0.1, -0.05) is 24.3 Å². The summed E-state index contributed by atoms with van der Waals surface area (Å²) >= 11 is 0. The zero-order valence-electron chi connectivity index (χ0n) is 17.1. The van der Waals surface area contributed by atoms with E-state index >= 15 is 0 Å². The number of benzene rings is 2. The maximum absolute atomic E-state index is 12.6. The van der Waals surface area contributed by atoms with Crippen LogP contribution in [0.3, 0.4) is 0 Å². The number of para-hydroxylation sites is 3. The first-order chi connectivity index (χ1) is 14.5. The van der Waals surface area contributed by atoms with Gasteiger partial charge in [0, 0.05) is 26.2 Å². The van der Waals surface area contributed by atoms with Crippen molar-refractivity contribution in [1.82, 2.24) is 4.90 Å². The van der Waals surface area contributed by atoms with Gasteiger partial charge >= 0.3 is 17.8 Å². The lowest BCUT2D eigenvalue weighted by Gasteiger charge is -2.36. The second-order valence-corrected chi connectivity index (χ2v) is 6.67. The number of esters is 1. The largest absolute Gasteiger partial charge is 0.495 e. The van der Waals surface area contributed by atoms with E-state index in [1.54, 1.807) is 38.3 Å². The SMILES string of the molecule is CCOC(=O)c1ccccc1NC(=O)C(=O)N1CCN(c2ccccc2OC)CC1. The number of piperazine rings is 1. The fourth-order valence-corrected chi connectivity index (χ4v) is 3.34. The summed E-state index contributed by atoms with van der Waals surface area (Å²) in [6, 6.07) is 14.2. The maximum Gasteiger partial charge on any atom is 0.340 e. The predicted octanol–water partition coefficient (Wildman–Crippen LogP) is 2.16. The molecular weight excluding hydrogens is 386 g/mol. The molecule has 8 nitrogen and oxygen atoms in total. The molecule has 1 N–H and O–H groups in total. The molecule has 30 heavy (non-hydrogen) atoms. The third-order valence-corrected chi connectivity index (χ3v) is 4.86. The van der Waals surface area contributed by atoms with Crippen molar-refractivity contribution in [2.75, 3.05) is 50.1 Å². The van der Waals surface area contributed by atoms with Crippen molar-refractivity contribution in [2.24, 2.45) is 0 Å². The number of nitrogens with one attached hydrogen (secondary N) is 1. The lowest BCUT2D eigenvalue weighted by atomic mass is 10.1. The van der Waals surface area contributed by atoms with Crippen LogP contribution in [0.2, 0.25) is 0 Å². The molecule has 1 saturated heterocycles. The number of amides is 2. The van der Waals surface area contributed by atoms with Crippen LogP contribution in [0.15, 0.2) is 48.5 Å². The number of nitrogens with zero attached hydrogens (tertiary/aromatic N) is 2. The zero-order valence-corrected chi connectivity index (χ0v) is 17.1. The Labute approximate surface area is 175 Å². The van der Waals surface area contributed by atoms with Gasteiger partial charge in [0.25, 0.3) is 0 Å². The number of methoxy groups -OCH3 is 1. The van der Waals surface area contributed by atoms with Crippen molar-refractivity contribution in [2.45, 2.75) is 6.92 Å². The molecule has 2 aromatic carbocycles. The zero-order chi connectivity index (χ0) is 21.5. The van der Waals surface area contributed by atoms with Crippen LogP contribution in [0.1, 0.15) is 17.3 Å². The lowest BCUT2D eigenvalue weighted by Crippen LogP contribution is -2.51. The highest BCUT2D eigenvalue weighted by atomic mass is 16.5. The van der Waals surface area contributed by atoms with Gasteiger partial charge in [0.15, 0.2) is 0 Å². The molecule has 0 saturated carbocycles. The summed E-state index contributed by atoms with van der Waals surface area (Å²) in [6.45, 7) is 3.90. The van der Waals surface area contributed by atoms with Crippen LogP contribution in [-0.4, -0.2) is 62.6 Å². The van der Waals surface area contributed by atoms with E-state index in [9.17, 15) is 14.4 Å². The molecule has 8 heteroatoms. The normalized spacial score (nSPS) is 13.5. The van der Waals surface area contributed by atoms with Gasteiger partial charge in [-0.15, -0.1) is 0 Å². The molecule has 0 unspecified atom stereocenters. The number of hydrogen-bond donors (Lipinski definition) is 1. The first-order valence-electron chi connectivity index (χ1n) is 9.79. The van der Waals surface area contributed by atoms with Gasteiger partial charge in [-0.3, -0.25) is 9.59 Å². The summed E-state index contributed by atoms with van der Waals surface area (Å²) in [6.07, 6.45) is 0. The average molecular weight is 411 g/mol. The Hall–Kier alpha value is -3.55. The van der Waals surface area contributed by atoms with E-state index in [1.807, 2.05) is 24.3 Å². The molecule has 3 rings (SSSR count). The molecular formula is C22H25N3O5. The number of carbonyl (C=O) groups excluding carboxylic acids is 3. The number of rotatable bonds is 5. The van der Waals surface area contributed by atoms with Crippen molar-refractivity contribution in [3.8, 4) is 5.75 Å². The van der Waals surface area contributed by atoms with E-state index in [0.717, 1.165) is 11.4 Å². The summed E-state index contributed by atoms with van der Waals surface area (Å²) in [5, 5.41) is 2.54. The summed E-state index contributed by atoms with van der Waals surface area (Å²) < 4.78 is 10.4. The highest BCUT2D eigenvalue weighted by molar-refractivity contribution is 6.39. The molecule has 0 aliphatic carbocycles. The number of ether oxygens (including phenoxy) is 2. The minimum atomic E-state index is -0.780. The molecule has 0 radical (unpaired) electrons. The van der Waals surface area contributed by atoms with E-state index in [2.05, 4.69) is 10.2 Å². The summed E-state index contributed by atoms with van der Waals surface area (Å²) in [7, 11) is 1.62. The molecule has 0 aromatic heterocycles. The van der Waals surface area contributed by atoms with Crippen molar-refractivity contribution in [1.29, 1.82) is 0 Å². The van der Waals surface area contributed by atoms with Gasteiger partial charge in [0.05, 0.1) is 30.7 Å². The van der Waals surface area contributed by atoms with Crippen LogP contribution in [0, 0.1) is 0 Å². The smallest absolute Gasteiger partial charge is 0.340 e. The number of carbonyl (C=O) groups is 3. The Balaban J connectivity index is 1.62. The Morgan fingerprint density at radius 1 is 0.967 bits per heavy atom. The third-order valence-electron chi connectivity index (χ3n) is 4.86. The van der Waals surface area contributed by atoms with Crippen molar-refractivity contribution in [3.05, 3.63) is 54.1 Å². The minimum absolute atomic E-state index is 0.210. The van der Waals surface area contributed by atoms with Gasteiger partial charge in [-0.05, 0) is 31.2 Å². The summed E-state index contributed by atoms with van der Waals surface area (Å²) in [5.41, 5.74) is 1.42. The Morgan fingerprint density at radius 2 is 1.63 bits per heavy atom. The fourth-order valence-electron chi connectivity index (χ4n) is 3.34. The maximum atomic E-state index is 12.6. The standard InChI is InChI=1S/C22H25N3O5/c1-3-30-22(28)16-8-4-5-9-17(16)23-20(26)21(27)25-14-12-24(13-15-25)18-10-6-7-11-19(18)29-2/h4-11H,3,12-15H2,1-2H3,(H,23,26). The Bertz CT molecular complexity index is 922.